The average molecular weight is 259 g/mol. The Balaban J connectivity index is 2.06. The molecule has 0 bridgehead atoms. The number of nitrogens with two attached hydrogens (primary N) is 1. The quantitative estimate of drug-likeness (QED) is 0.686. The lowest BCUT2D eigenvalue weighted by Gasteiger charge is -2.04. The van der Waals surface area contributed by atoms with E-state index in [1.165, 1.54) is 39.8 Å². The van der Waals surface area contributed by atoms with Gasteiger partial charge in [-0.2, -0.15) is 0 Å². The van der Waals surface area contributed by atoms with Gasteiger partial charge in [0.25, 0.3) is 0 Å². The summed E-state index contributed by atoms with van der Waals surface area (Å²) in [6.45, 7) is 0.187. The van der Waals surface area contributed by atoms with Gasteiger partial charge in [-0.3, -0.25) is 4.98 Å². The summed E-state index contributed by atoms with van der Waals surface area (Å²) in [7, 11) is 0. The van der Waals surface area contributed by atoms with Crippen molar-refractivity contribution in [2.75, 3.05) is 5.73 Å². The Labute approximate surface area is 106 Å². The first-order valence-corrected chi connectivity index (χ1v) is 5.58. The number of nitrogens with zero attached hydrogens (tertiary/aromatic N) is 4. The molecule has 1 aromatic carbocycles. The van der Waals surface area contributed by atoms with E-state index in [0.717, 1.165) is 0 Å². The molecule has 0 radical (unpaired) electrons. The molecule has 7 heteroatoms. The fourth-order valence-corrected chi connectivity index (χ4v) is 1.85. The summed E-state index contributed by atoms with van der Waals surface area (Å²) in [6.07, 6.45) is 4.54. The third kappa shape index (κ3) is 1.95. The second-order valence-corrected chi connectivity index (χ2v) is 4.09. The fraction of sp³-hybridized carbons (Fsp3) is 0.0833. The van der Waals surface area contributed by atoms with E-state index in [9.17, 15) is 9.18 Å². The molecule has 0 amide bonds. The highest BCUT2D eigenvalue weighted by Gasteiger charge is 2.09. The highest BCUT2D eigenvalue weighted by Crippen LogP contribution is 2.13. The van der Waals surface area contributed by atoms with Crippen LogP contribution < -0.4 is 11.4 Å². The molecule has 2 aromatic heterocycles. The molecule has 0 aliphatic heterocycles. The largest absolute Gasteiger partial charge is 0.398 e. The Morgan fingerprint density at radius 2 is 2.21 bits per heavy atom. The summed E-state index contributed by atoms with van der Waals surface area (Å²) in [5, 5.41) is 4.13. The van der Waals surface area contributed by atoms with Gasteiger partial charge in [-0.15, -0.1) is 5.10 Å². The van der Waals surface area contributed by atoms with E-state index in [1.54, 1.807) is 6.07 Å². The summed E-state index contributed by atoms with van der Waals surface area (Å²) in [5.41, 5.74) is 6.80. The van der Waals surface area contributed by atoms with Gasteiger partial charge in [-0.05, 0) is 17.7 Å². The lowest BCUT2D eigenvalue weighted by Crippen LogP contribution is -2.22. The van der Waals surface area contributed by atoms with Crippen LogP contribution in [0.15, 0.2) is 41.6 Å². The first-order chi connectivity index (χ1) is 9.15. The second kappa shape index (κ2) is 4.20. The molecule has 0 spiro atoms. The molecule has 0 atom stereocenters. The number of hydrogen-bond donors (Lipinski definition) is 1. The molecule has 0 saturated carbocycles. The van der Waals surface area contributed by atoms with Gasteiger partial charge in [0.2, 0.25) is 0 Å². The number of rotatable bonds is 2. The molecule has 2 heterocycles. The number of halogens is 1. The topological polar surface area (TPSA) is 78.2 Å². The Morgan fingerprint density at radius 1 is 1.37 bits per heavy atom. The van der Waals surface area contributed by atoms with Crippen molar-refractivity contribution in [1.29, 1.82) is 0 Å². The van der Waals surface area contributed by atoms with Crippen LogP contribution in [-0.2, 0) is 6.54 Å². The average Bonchev–Trinajstić information content (AvgIpc) is 2.70. The van der Waals surface area contributed by atoms with Gasteiger partial charge in [0.1, 0.15) is 5.82 Å². The summed E-state index contributed by atoms with van der Waals surface area (Å²) < 4.78 is 15.6. The summed E-state index contributed by atoms with van der Waals surface area (Å²) >= 11 is 0. The number of aromatic nitrogens is 4. The van der Waals surface area contributed by atoms with Crippen molar-refractivity contribution in [2.45, 2.75) is 6.54 Å². The number of benzene rings is 1. The minimum atomic E-state index is -0.409. The predicted octanol–water partition coefficient (Wildman–Crippen LogP) is 0.661. The van der Waals surface area contributed by atoms with Crippen molar-refractivity contribution in [2.24, 2.45) is 0 Å². The lowest BCUT2D eigenvalue weighted by molar-refractivity contribution is 0.623. The van der Waals surface area contributed by atoms with Crippen LogP contribution in [0.1, 0.15) is 5.56 Å². The molecule has 2 N–H and O–H groups in total. The van der Waals surface area contributed by atoms with E-state index >= 15 is 0 Å². The molecule has 0 unspecified atom stereocenters. The predicted molar refractivity (Wildman–Crippen MR) is 67.2 cm³/mol. The van der Waals surface area contributed by atoms with Crippen LogP contribution in [0.5, 0.6) is 0 Å². The van der Waals surface area contributed by atoms with Gasteiger partial charge >= 0.3 is 5.69 Å². The number of anilines is 1. The summed E-state index contributed by atoms with van der Waals surface area (Å²) in [4.78, 5) is 15.9. The molecule has 0 saturated heterocycles. The highest BCUT2D eigenvalue weighted by atomic mass is 19.1. The molecule has 0 aliphatic rings. The van der Waals surface area contributed by atoms with Gasteiger partial charge in [-0.25, -0.2) is 18.3 Å². The van der Waals surface area contributed by atoms with Crippen molar-refractivity contribution in [3.8, 4) is 0 Å². The molecule has 19 heavy (non-hydrogen) atoms. The Kier molecular flexibility index (Phi) is 2.52. The Hall–Kier alpha value is -2.70. The first kappa shape index (κ1) is 11.4. The van der Waals surface area contributed by atoms with Gasteiger partial charge < -0.3 is 5.73 Å². The molecule has 0 fully saturated rings. The van der Waals surface area contributed by atoms with Crippen LogP contribution >= 0.6 is 0 Å². The smallest absolute Gasteiger partial charge is 0.350 e. The van der Waals surface area contributed by atoms with E-state index in [-0.39, 0.29) is 12.2 Å². The SMILES string of the molecule is Nc1cc(F)ccc1Cn1nc2cnccn2c1=O. The number of nitrogen functional groups attached to an aromatic ring is 1. The van der Waals surface area contributed by atoms with E-state index in [0.29, 0.717) is 16.9 Å². The minimum Gasteiger partial charge on any atom is -0.398 e. The molecule has 6 nitrogen and oxygen atoms in total. The standard InChI is InChI=1S/C12H10FN5O/c13-9-2-1-8(10(14)5-9)7-18-12(19)17-4-3-15-6-11(17)16-18/h1-6H,7,14H2. The monoisotopic (exact) mass is 259 g/mol. The maximum absolute atomic E-state index is 13.0. The summed E-state index contributed by atoms with van der Waals surface area (Å²) in [6, 6.07) is 4.06. The zero-order valence-corrected chi connectivity index (χ0v) is 9.82. The molecular weight excluding hydrogens is 249 g/mol. The summed E-state index contributed by atoms with van der Waals surface area (Å²) in [5.74, 6) is -0.409. The van der Waals surface area contributed by atoms with Crippen molar-refractivity contribution >= 4 is 11.3 Å². The zero-order chi connectivity index (χ0) is 13.4. The van der Waals surface area contributed by atoms with Crippen LogP contribution in [0.25, 0.3) is 5.65 Å². The van der Waals surface area contributed by atoms with Crippen LogP contribution in [0.3, 0.4) is 0 Å². The van der Waals surface area contributed by atoms with Gasteiger partial charge in [0.15, 0.2) is 5.65 Å². The molecule has 3 aromatic rings. The van der Waals surface area contributed by atoms with E-state index in [2.05, 4.69) is 10.1 Å². The van der Waals surface area contributed by atoms with Crippen LogP contribution in [0, 0.1) is 5.82 Å². The van der Waals surface area contributed by atoms with E-state index in [4.69, 9.17) is 5.73 Å². The number of fused-ring (bicyclic) bond motifs is 1. The molecule has 3 rings (SSSR count). The molecular formula is C12H10FN5O. The van der Waals surface area contributed by atoms with Gasteiger partial charge in [0.05, 0.1) is 12.7 Å². The Bertz CT molecular complexity index is 807. The van der Waals surface area contributed by atoms with Gasteiger partial charge in [-0.1, -0.05) is 6.07 Å². The van der Waals surface area contributed by atoms with Gasteiger partial charge in [0, 0.05) is 18.1 Å². The van der Waals surface area contributed by atoms with Crippen molar-refractivity contribution in [3.63, 3.8) is 0 Å². The third-order valence-electron chi connectivity index (χ3n) is 2.82. The first-order valence-electron chi connectivity index (χ1n) is 5.58. The van der Waals surface area contributed by atoms with E-state index in [1.807, 2.05) is 0 Å². The minimum absolute atomic E-state index is 0.187. The van der Waals surface area contributed by atoms with E-state index < -0.39 is 5.82 Å². The zero-order valence-electron chi connectivity index (χ0n) is 9.82. The second-order valence-electron chi connectivity index (χ2n) is 4.09. The maximum Gasteiger partial charge on any atom is 0.350 e. The third-order valence-corrected chi connectivity index (χ3v) is 2.82. The van der Waals surface area contributed by atoms with Crippen molar-refractivity contribution in [1.82, 2.24) is 19.2 Å². The molecule has 0 aliphatic carbocycles. The van der Waals surface area contributed by atoms with Crippen LogP contribution in [0.4, 0.5) is 10.1 Å². The normalized spacial score (nSPS) is 11.0. The maximum atomic E-state index is 13.0. The van der Waals surface area contributed by atoms with Crippen LogP contribution in [-0.4, -0.2) is 19.2 Å². The lowest BCUT2D eigenvalue weighted by atomic mass is 10.2. The fourth-order valence-electron chi connectivity index (χ4n) is 1.85. The van der Waals surface area contributed by atoms with Crippen LogP contribution in [0.2, 0.25) is 0 Å². The highest BCUT2D eigenvalue weighted by molar-refractivity contribution is 5.47. The Morgan fingerprint density at radius 3 is 2.95 bits per heavy atom. The van der Waals surface area contributed by atoms with Crippen molar-refractivity contribution in [3.05, 3.63) is 58.7 Å². The number of hydrogen-bond acceptors (Lipinski definition) is 4. The van der Waals surface area contributed by atoms with Crippen molar-refractivity contribution < 1.29 is 4.39 Å². The molecule has 96 valence electrons.